The third-order valence-corrected chi connectivity index (χ3v) is 5.50. The van der Waals surface area contributed by atoms with Gasteiger partial charge in [0.25, 0.3) is 0 Å². The lowest BCUT2D eigenvalue weighted by Gasteiger charge is -2.33. The molecular formula is C23H23Cl2NO5. The Morgan fingerprint density at radius 1 is 1.13 bits per heavy atom. The zero-order valence-corrected chi connectivity index (χ0v) is 19.0. The van der Waals surface area contributed by atoms with E-state index in [1.54, 1.807) is 51.1 Å². The number of hydrogen-bond donors (Lipinski definition) is 1. The molecule has 0 saturated heterocycles. The Labute approximate surface area is 190 Å². The van der Waals surface area contributed by atoms with Crippen LogP contribution in [0.5, 0.6) is 0 Å². The molecule has 1 N–H and O–H groups in total. The Balaban J connectivity index is 2.14. The minimum Gasteiger partial charge on any atom is -0.465 e. The normalized spacial score (nSPS) is 18.5. The molecule has 31 heavy (non-hydrogen) atoms. The number of hydrogen-bond acceptors (Lipinski definition) is 6. The number of halogens is 2. The molecule has 0 spiro atoms. The van der Waals surface area contributed by atoms with Crippen LogP contribution in [0.2, 0.25) is 10.0 Å². The first-order valence-electron chi connectivity index (χ1n) is 9.83. The largest absolute Gasteiger partial charge is 0.465 e. The number of furan rings is 1. The molecule has 6 nitrogen and oxygen atoms in total. The molecule has 1 aliphatic heterocycles. The van der Waals surface area contributed by atoms with Gasteiger partial charge in [-0.2, -0.15) is 0 Å². The summed E-state index contributed by atoms with van der Waals surface area (Å²) in [5, 5.41) is 3.97. The summed E-state index contributed by atoms with van der Waals surface area (Å²) in [4.78, 5) is 25.6. The van der Waals surface area contributed by atoms with E-state index in [1.165, 1.54) is 0 Å². The van der Waals surface area contributed by atoms with E-state index in [0.717, 1.165) is 0 Å². The van der Waals surface area contributed by atoms with Crippen LogP contribution < -0.4 is 5.32 Å². The minimum atomic E-state index is -0.878. The van der Waals surface area contributed by atoms with Crippen molar-refractivity contribution in [3.63, 3.8) is 0 Å². The molecule has 0 radical (unpaired) electrons. The first kappa shape index (κ1) is 23.0. The highest BCUT2D eigenvalue weighted by Crippen LogP contribution is 2.43. The van der Waals surface area contributed by atoms with E-state index >= 15 is 0 Å². The molecule has 8 heteroatoms. The quantitative estimate of drug-likeness (QED) is 0.572. The van der Waals surface area contributed by atoms with Crippen LogP contribution in [0.4, 0.5) is 0 Å². The van der Waals surface area contributed by atoms with Crippen LogP contribution in [0.1, 0.15) is 32.4 Å². The van der Waals surface area contributed by atoms with Crippen molar-refractivity contribution >= 4 is 35.1 Å². The van der Waals surface area contributed by atoms with Crippen LogP contribution in [-0.2, 0) is 19.1 Å². The summed E-state index contributed by atoms with van der Waals surface area (Å²) >= 11 is 12.4. The molecule has 0 bridgehead atoms. The molecule has 1 aliphatic rings. The molecule has 0 amide bonds. The first-order chi connectivity index (χ1) is 14.8. The number of nitrogens with one attached hydrogen (secondary N) is 1. The van der Waals surface area contributed by atoms with Crippen molar-refractivity contribution in [2.75, 3.05) is 13.2 Å². The van der Waals surface area contributed by atoms with Gasteiger partial charge in [0.15, 0.2) is 0 Å². The minimum absolute atomic E-state index is 0.189. The van der Waals surface area contributed by atoms with Gasteiger partial charge in [-0.15, -0.1) is 0 Å². The summed E-state index contributed by atoms with van der Waals surface area (Å²) in [7, 11) is 0. The van der Waals surface area contributed by atoms with E-state index in [1.807, 2.05) is 0 Å². The predicted molar refractivity (Wildman–Crippen MR) is 119 cm³/mol. The Morgan fingerprint density at radius 2 is 1.84 bits per heavy atom. The van der Waals surface area contributed by atoms with Crippen molar-refractivity contribution in [3.8, 4) is 11.3 Å². The highest BCUT2D eigenvalue weighted by atomic mass is 35.5. The molecule has 0 aliphatic carbocycles. The SMILES string of the molecule is C=C1NC(C)=C(C(=O)OCC)C(c2ccc(-c3cc(Cl)ccc3Cl)o2)C1C(=O)OCC. The number of allylic oxidation sites excluding steroid dienone is 1. The van der Waals surface area contributed by atoms with Gasteiger partial charge < -0.3 is 19.2 Å². The Bertz CT molecular complexity index is 1060. The molecule has 2 heterocycles. The summed E-state index contributed by atoms with van der Waals surface area (Å²) in [6, 6.07) is 8.45. The van der Waals surface area contributed by atoms with Crippen LogP contribution in [0.25, 0.3) is 11.3 Å². The summed E-state index contributed by atoms with van der Waals surface area (Å²) in [6.07, 6.45) is 0. The molecule has 164 valence electrons. The molecule has 0 saturated carbocycles. The lowest BCUT2D eigenvalue weighted by molar-refractivity contribution is -0.148. The molecule has 2 atom stereocenters. The molecule has 3 rings (SSSR count). The lowest BCUT2D eigenvalue weighted by Crippen LogP contribution is -2.39. The fourth-order valence-corrected chi connectivity index (χ4v) is 4.03. The second-order valence-electron chi connectivity index (χ2n) is 6.94. The van der Waals surface area contributed by atoms with Crippen LogP contribution >= 0.6 is 23.2 Å². The fraction of sp³-hybridized carbons (Fsp3) is 0.304. The van der Waals surface area contributed by atoms with E-state index in [0.29, 0.717) is 38.5 Å². The maximum absolute atomic E-state index is 12.8. The van der Waals surface area contributed by atoms with Crippen LogP contribution in [0.15, 0.2) is 58.3 Å². The zero-order valence-electron chi connectivity index (χ0n) is 17.5. The zero-order chi connectivity index (χ0) is 22.7. The number of carbonyl (C=O) groups is 2. The molecule has 2 aromatic rings. The Kier molecular flexibility index (Phi) is 7.13. The monoisotopic (exact) mass is 463 g/mol. The first-order valence-corrected chi connectivity index (χ1v) is 10.6. The van der Waals surface area contributed by atoms with E-state index in [-0.39, 0.29) is 18.8 Å². The van der Waals surface area contributed by atoms with Crippen LogP contribution in [-0.4, -0.2) is 25.2 Å². The average molecular weight is 464 g/mol. The molecular weight excluding hydrogens is 441 g/mol. The van der Waals surface area contributed by atoms with E-state index in [4.69, 9.17) is 37.1 Å². The molecule has 2 unspecified atom stereocenters. The van der Waals surface area contributed by atoms with Gasteiger partial charge in [-0.25, -0.2) is 4.79 Å². The second kappa shape index (κ2) is 9.62. The number of rotatable bonds is 6. The van der Waals surface area contributed by atoms with Crippen molar-refractivity contribution in [3.05, 3.63) is 69.7 Å². The fourth-order valence-electron chi connectivity index (χ4n) is 3.64. The van der Waals surface area contributed by atoms with Crippen molar-refractivity contribution in [1.82, 2.24) is 5.32 Å². The third-order valence-electron chi connectivity index (χ3n) is 4.93. The van der Waals surface area contributed by atoms with Gasteiger partial charge in [0.1, 0.15) is 17.4 Å². The Morgan fingerprint density at radius 3 is 2.52 bits per heavy atom. The second-order valence-corrected chi connectivity index (χ2v) is 7.79. The van der Waals surface area contributed by atoms with Gasteiger partial charge in [0, 0.05) is 22.0 Å². The summed E-state index contributed by atoms with van der Waals surface area (Å²) in [6.45, 7) is 9.51. The smallest absolute Gasteiger partial charge is 0.336 e. The number of carbonyl (C=O) groups excluding carboxylic acids is 2. The van der Waals surface area contributed by atoms with Gasteiger partial charge in [-0.1, -0.05) is 29.8 Å². The van der Waals surface area contributed by atoms with Crippen molar-refractivity contribution in [2.45, 2.75) is 26.7 Å². The van der Waals surface area contributed by atoms with Crippen LogP contribution in [0.3, 0.4) is 0 Å². The average Bonchev–Trinajstić information content (AvgIpc) is 3.19. The topological polar surface area (TPSA) is 77.8 Å². The Hall–Kier alpha value is -2.70. The van der Waals surface area contributed by atoms with E-state index in [2.05, 4.69) is 11.9 Å². The number of ether oxygens (including phenoxy) is 2. The van der Waals surface area contributed by atoms with E-state index < -0.39 is 23.8 Å². The van der Waals surface area contributed by atoms with E-state index in [9.17, 15) is 9.59 Å². The predicted octanol–water partition coefficient (Wildman–Crippen LogP) is 5.47. The van der Waals surface area contributed by atoms with Gasteiger partial charge >= 0.3 is 11.9 Å². The van der Waals surface area contributed by atoms with Crippen molar-refractivity contribution in [2.24, 2.45) is 5.92 Å². The standard InChI is InChI=1S/C23H23Cl2NO5/c1-5-29-22(27)19-12(3)26-13(4)20(23(28)30-6-2)21(19)18-10-9-17(31-18)15-11-14(24)7-8-16(15)25/h7-11,19,21,26H,3,5-6H2,1-2,4H3. The number of esters is 2. The lowest BCUT2D eigenvalue weighted by atomic mass is 9.78. The van der Waals surface area contributed by atoms with Gasteiger partial charge in [0.05, 0.1) is 29.7 Å². The summed E-state index contributed by atoms with van der Waals surface area (Å²) < 4.78 is 16.6. The highest BCUT2D eigenvalue weighted by Gasteiger charge is 2.44. The highest BCUT2D eigenvalue weighted by molar-refractivity contribution is 6.35. The maximum Gasteiger partial charge on any atom is 0.336 e. The molecule has 1 aromatic carbocycles. The van der Waals surface area contributed by atoms with Crippen molar-refractivity contribution < 1.29 is 23.5 Å². The van der Waals surface area contributed by atoms with Crippen LogP contribution in [0, 0.1) is 5.92 Å². The van der Waals surface area contributed by atoms with Gasteiger partial charge in [-0.05, 0) is 51.1 Å². The third kappa shape index (κ3) is 4.65. The summed E-state index contributed by atoms with van der Waals surface area (Å²) in [5.74, 6) is -1.88. The molecule has 1 aromatic heterocycles. The maximum atomic E-state index is 12.8. The van der Waals surface area contributed by atoms with Gasteiger partial charge in [0.2, 0.25) is 0 Å². The van der Waals surface area contributed by atoms with Crippen molar-refractivity contribution in [1.29, 1.82) is 0 Å². The van der Waals surface area contributed by atoms with Gasteiger partial charge in [-0.3, -0.25) is 4.79 Å². The molecule has 0 fully saturated rings. The number of benzene rings is 1. The summed E-state index contributed by atoms with van der Waals surface area (Å²) in [5.41, 5.74) is 1.82.